The lowest BCUT2D eigenvalue weighted by atomic mass is 9.90. The molecule has 190 valence electrons. The molecule has 1 amide bonds. The fraction of sp³-hybridized carbons (Fsp3) is 0.680. The Morgan fingerprint density at radius 1 is 1.03 bits per heavy atom. The van der Waals surface area contributed by atoms with Gasteiger partial charge in [0.2, 0.25) is 5.91 Å². The van der Waals surface area contributed by atoms with Gasteiger partial charge in [-0.1, -0.05) is 0 Å². The summed E-state index contributed by atoms with van der Waals surface area (Å²) in [7, 11) is 0. The van der Waals surface area contributed by atoms with Crippen LogP contribution in [0.4, 0.5) is 4.39 Å². The molecule has 3 fully saturated rings. The smallest absolute Gasteiger partial charge is 0.333 e. The van der Waals surface area contributed by atoms with Crippen molar-refractivity contribution in [2.75, 3.05) is 24.6 Å². The molecular weight excluding hydrogens is 469 g/mol. The van der Waals surface area contributed by atoms with Crippen LogP contribution in [0.5, 0.6) is 0 Å². The molecule has 0 bridgehead atoms. The maximum absolute atomic E-state index is 14.1. The standard InChI is InChI=1S/C25H34FN5O3S/c26-17-14-21-23(28-15-17)30(20-7-11-35-12-8-20)25(34)31(24(21)33)19-3-1-18(2-4-19)29-22(32)13-16-5-9-27-10-6-16/h14-16,18-20,27H,1-13H2,(H,29,32). The highest BCUT2D eigenvalue weighted by molar-refractivity contribution is 7.99. The van der Waals surface area contributed by atoms with Crippen molar-refractivity contribution in [3.8, 4) is 0 Å². The number of amides is 1. The molecular formula is C25H34FN5O3S. The van der Waals surface area contributed by atoms with Gasteiger partial charge in [-0.15, -0.1) is 0 Å². The number of nitrogens with zero attached hydrogens (tertiary/aromatic N) is 3. The number of pyridine rings is 1. The second-order valence-corrected chi connectivity index (χ2v) is 11.4. The van der Waals surface area contributed by atoms with Crippen LogP contribution in [0.15, 0.2) is 21.9 Å². The number of thioether (sulfide) groups is 1. The van der Waals surface area contributed by atoms with Gasteiger partial charge in [-0.25, -0.2) is 14.2 Å². The minimum Gasteiger partial charge on any atom is -0.353 e. The maximum Gasteiger partial charge on any atom is 0.333 e. The van der Waals surface area contributed by atoms with Crippen molar-refractivity contribution < 1.29 is 9.18 Å². The van der Waals surface area contributed by atoms with Gasteiger partial charge in [-0.3, -0.25) is 18.7 Å². The molecule has 0 aromatic carbocycles. The first kappa shape index (κ1) is 24.5. The highest BCUT2D eigenvalue weighted by atomic mass is 32.2. The summed E-state index contributed by atoms with van der Waals surface area (Å²) in [6.07, 6.45) is 8.05. The Bertz CT molecular complexity index is 1180. The van der Waals surface area contributed by atoms with Crippen LogP contribution in [0, 0.1) is 11.7 Å². The molecule has 1 saturated carbocycles. The van der Waals surface area contributed by atoms with Crippen LogP contribution in [0.3, 0.4) is 0 Å². The third kappa shape index (κ3) is 5.33. The number of aromatic nitrogens is 3. The second-order valence-electron chi connectivity index (χ2n) is 10.2. The Morgan fingerprint density at radius 3 is 2.43 bits per heavy atom. The molecule has 10 heteroatoms. The van der Waals surface area contributed by atoms with Crippen LogP contribution >= 0.6 is 11.8 Å². The van der Waals surface area contributed by atoms with Crippen molar-refractivity contribution in [3.63, 3.8) is 0 Å². The summed E-state index contributed by atoms with van der Waals surface area (Å²) in [5.74, 6) is 1.85. The number of rotatable bonds is 5. The highest BCUT2D eigenvalue weighted by Gasteiger charge is 2.30. The van der Waals surface area contributed by atoms with E-state index >= 15 is 0 Å². The lowest BCUT2D eigenvalue weighted by Gasteiger charge is -2.32. The van der Waals surface area contributed by atoms with Crippen molar-refractivity contribution >= 4 is 28.7 Å². The number of piperidine rings is 1. The molecule has 0 atom stereocenters. The van der Waals surface area contributed by atoms with Gasteiger partial charge in [-0.05, 0) is 87.9 Å². The minimum absolute atomic E-state index is 0.0401. The fourth-order valence-corrected chi connectivity index (χ4v) is 6.99. The summed E-state index contributed by atoms with van der Waals surface area (Å²) in [6.45, 7) is 1.94. The molecule has 0 unspecified atom stereocenters. The topological polar surface area (TPSA) is 98.0 Å². The summed E-state index contributed by atoms with van der Waals surface area (Å²) >= 11 is 1.86. The summed E-state index contributed by atoms with van der Waals surface area (Å²) < 4.78 is 17.0. The third-order valence-corrected chi connectivity index (χ3v) is 8.89. The number of nitrogens with one attached hydrogen (secondary N) is 2. The molecule has 0 spiro atoms. The molecule has 35 heavy (non-hydrogen) atoms. The zero-order valence-electron chi connectivity index (χ0n) is 20.0. The van der Waals surface area contributed by atoms with E-state index in [1.807, 2.05) is 11.8 Å². The van der Waals surface area contributed by atoms with E-state index in [1.54, 1.807) is 4.57 Å². The zero-order valence-corrected chi connectivity index (χ0v) is 20.8. The average molecular weight is 504 g/mol. The monoisotopic (exact) mass is 503 g/mol. The number of hydrogen-bond acceptors (Lipinski definition) is 6. The van der Waals surface area contributed by atoms with Gasteiger partial charge in [0, 0.05) is 24.5 Å². The molecule has 0 radical (unpaired) electrons. The Hall–Kier alpha value is -2.20. The SMILES string of the molecule is O=C(CC1CCNCC1)NC1CCC(n2c(=O)c3cc(F)cnc3n(C3CCSCC3)c2=O)CC1. The van der Waals surface area contributed by atoms with E-state index in [4.69, 9.17) is 0 Å². The Balaban J connectivity index is 1.35. The van der Waals surface area contributed by atoms with Gasteiger partial charge in [0.05, 0.1) is 11.6 Å². The molecule has 1 aliphatic carbocycles. The Kier molecular flexibility index (Phi) is 7.57. The highest BCUT2D eigenvalue weighted by Crippen LogP contribution is 2.30. The van der Waals surface area contributed by atoms with Gasteiger partial charge in [0.25, 0.3) is 5.56 Å². The van der Waals surface area contributed by atoms with Crippen LogP contribution in [-0.4, -0.2) is 50.7 Å². The van der Waals surface area contributed by atoms with E-state index < -0.39 is 11.4 Å². The van der Waals surface area contributed by atoms with Crippen LogP contribution in [-0.2, 0) is 4.79 Å². The van der Waals surface area contributed by atoms with E-state index in [9.17, 15) is 18.8 Å². The van der Waals surface area contributed by atoms with Crippen LogP contribution in [0.25, 0.3) is 11.0 Å². The summed E-state index contributed by atoms with van der Waals surface area (Å²) in [4.78, 5) is 43.8. The number of fused-ring (bicyclic) bond motifs is 1. The lowest BCUT2D eigenvalue weighted by Crippen LogP contribution is -2.46. The van der Waals surface area contributed by atoms with Crippen molar-refractivity contribution in [2.24, 2.45) is 5.92 Å². The van der Waals surface area contributed by atoms with E-state index in [-0.39, 0.29) is 40.8 Å². The average Bonchev–Trinajstić information content (AvgIpc) is 2.87. The van der Waals surface area contributed by atoms with E-state index in [1.165, 1.54) is 10.6 Å². The van der Waals surface area contributed by atoms with Gasteiger partial charge in [0.15, 0.2) is 0 Å². The number of carbonyl (C=O) groups excluding carboxylic acids is 1. The maximum atomic E-state index is 14.1. The first-order chi connectivity index (χ1) is 17.0. The quantitative estimate of drug-likeness (QED) is 0.651. The fourth-order valence-electron chi connectivity index (χ4n) is 5.91. The zero-order chi connectivity index (χ0) is 24.4. The van der Waals surface area contributed by atoms with Gasteiger partial charge in [0.1, 0.15) is 11.5 Å². The van der Waals surface area contributed by atoms with Crippen molar-refractivity contribution in [3.05, 3.63) is 38.9 Å². The molecule has 2 aliphatic heterocycles. The number of carbonyl (C=O) groups is 1. The van der Waals surface area contributed by atoms with Gasteiger partial charge >= 0.3 is 5.69 Å². The molecule has 4 heterocycles. The van der Waals surface area contributed by atoms with Crippen molar-refractivity contribution in [1.82, 2.24) is 24.8 Å². The van der Waals surface area contributed by atoms with Gasteiger partial charge in [-0.2, -0.15) is 11.8 Å². The molecule has 5 rings (SSSR count). The first-order valence-corrected chi connectivity index (χ1v) is 14.1. The molecule has 2 N–H and O–H groups in total. The Morgan fingerprint density at radius 2 is 1.71 bits per heavy atom. The van der Waals surface area contributed by atoms with Crippen LogP contribution < -0.4 is 21.9 Å². The van der Waals surface area contributed by atoms with Crippen LogP contribution in [0.1, 0.15) is 69.9 Å². The third-order valence-electron chi connectivity index (χ3n) is 7.84. The van der Waals surface area contributed by atoms with Gasteiger partial charge < -0.3 is 10.6 Å². The second kappa shape index (κ2) is 10.8. The van der Waals surface area contributed by atoms with Crippen molar-refractivity contribution in [2.45, 2.75) is 75.9 Å². The molecule has 2 aromatic rings. The van der Waals surface area contributed by atoms with E-state index in [0.29, 0.717) is 38.0 Å². The molecule has 8 nitrogen and oxygen atoms in total. The predicted octanol–water partition coefficient (Wildman–Crippen LogP) is 2.75. The number of hydrogen-bond donors (Lipinski definition) is 2. The Labute approximate surface area is 208 Å². The minimum atomic E-state index is -0.578. The van der Waals surface area contributed by atoms with Crippen LogP contribution in [0.2, 0.25) is 0 Å². The lowest BCUT2D eigenvalue weighted by molar-refractivity contribution is -0.123. The summed E-state index contributed by atoms with van der Waals surface area (Å²) in [6, 6.07) is 0.973. The summed E-state index contributed by atoms with van der Waals surface area (Å²) in [5.41, 5.74) is -0.512. The van der Waals surface area contributed by atoms with E-state index in [0.717, 1.165) is 56.5 Å². The van der Waals surface area contributed by atoms with Crippen molar-refractivity contribution in [1.29, 1.82) is 0 Å². The molecule has 2 aromatic heterocycles. The largest absolute Gasteiger partial charge is 0.353 e. The number of halogens is 1. The predicted molar refractivity (Wildman–Crippen MR) is 135 cm³/mol. The summed E-state index contributed by atoms with van der Waals surface area (Å²) in [5, 5.41) is 6.67. The normalized spacial score (nSPS) is 24.5. The first-order valence-electron chi connectivity index (χ1n) is 12.9. The molecule has 2 saturated heterocycles. The molecule has 3 aliphatic rings. The van der Waals surface area contributed by atoms with E-state index in [2.05, 4.69) is 15.6 Å².